The molecule has 25 heavy (non-hydrogen) atoms. The molecule has 0 saturated heterocycles. The minimum atomic E-state index is -1.48. The molecule has 0 spiro atoms. The number of rotatable bonds is 8. The second-order valence-corrected chi connectivity index (χ2v) is 6.04. The number of esters is 1. The van der Waals surface area contributed by atoms with Crippen LogP contribution in [0.4, 0.5) is 5.13 Å². The first-order valence-corrected chi connectivity index (χ1v) is 8.79. The zero-order valence-corrected chi connectivity index (χ0v) is 14.9. The minimum Gasteiger partial charge on any atom is -0.466 e. The Morgan fingerprint density at radius 3 is 2.92 bits per heavy atom. The van der Waals surface area contributed by atoms with Gasteiger partial charge in [0.05, 0.1) is 24.9 Å². The Morgan fingerprint density at radius 2 is 2.24 bits per heavy atom. The predicted octanol–water partition coefficient (Wildman–Crippen LogP) is 0.937. The van der Waals surface area contributed by atoms with Gasteiger partial charge in [-0.1, -0.05) is 25.1 Å². The number of benzene rings is 1. The number of thiazole rings is 1. The second kappa shape index (κ2) is 9.31. The highest BCUT2D eigenvalue weighted by atomic mass is 32.1. The first-order valence-electron chi connectivity index (χ1n) is 7.91. The van der Waals surface area contributed by atoms with E-state index in [1.165, 1.54) is 11.3 Å². The standard InChI is InChI=1S/C16H20BN3O4S/c1-3-11-7-13(17(22)23)6-5-12(11)9-18-20-16-19-14(10-25-16)8-15(21)24-4-2/h5-7,9-10,22-23H,3-4,8H2,1-2H3,(H,19,20). The van der Waals surface area contributed by atoms with Gasteiger partial charge in [0, 0.05) is 5.38 Å². The number of hydrogen-bond acceptors (Lipinski definition) is 8. The van der Waals surface area contributed by atoms with Gasteiger partial charge in [-0.25, -0.2) is 4.98 Å². The molecule has 1 aromatic carbocycles. The van der Waals surface area contributed by atoms with Gasteiger partial charge in [0.25, 0.3) is 0 Å². The normalized spacial score (nSPS) is 10.9. The largest absolute Gasteiger partial charge is 0.488 e. The Hall–Kier alpha value is -2.23. The van der Waals surface area contributed by atoms with E-state index in [1.807, 2.05) is 6.92 Å². The van der Waals surface area contributed by atoms with Crippen molar-refractivity contribution in [2.24, 2.45) is 5.10 Å². The van der Waals surface area contributed by atoms with E-state index in [4.69, 9.17) is 4.74 Å². The van der Waals surface area contributed by atoms with Crippen LogP contribution in [0.1, 0.15) is 30.7 Å². The number of carbonyl (C=O) groups excluding carboxylic acids is 1. The number of hydrazone groups is 1. The van der Waals surface area contributed by atoms with Crippen LogP contribution in [0.25, 0.3) is 0 Å². The Labute approximate surface area is 150 Å². The zero-order valence-electron chi connectivity index (χ0n) is 14.1. The third kappa shape index (κ3) is 5.66. The van der Waals surface area contributed by atoms with Crippen LogP contribution in [-0.2, 0) is 22.4 Å². The quantitative estimate of drug-likeness (QED) is 0.280. The molecule has 0 amide bonds. The number of aromatic nitrogens is 1. The maximum atomic E-state index is 11.4. The van der Waals surface area contributed by atoms with Crippen LogP contribution in [0.15, 0.2) is 28.7 Å². The minimum absolute atomic E-state index is 0.140. The molecule has 0 aliphatic heterocycles. The molecule has 2 rings (SSSR count). The molecule has 0 saturated carbocycles. The van der Waals surface area contributed by atoms with Gasteiger partial charge in [0.2, 0.25) is 5.13 Å². The summed E-state index contributed by atoms with van der Waals surface area (Å²) in [5, 5.41) is 25.0. The van der Waals surface area contributed by atoms with E-state index >= 15 is 0 Å². The van der Waals surface area contributed by atoms with Gasteiger partial charge in [0.15, 0.2) is 0 Å². The lowest BCUT2D eigenvalue weighted by Crippen LogP contribution is -2.30. The second-order valence-electron chi connectivity index (χ2n) is 5.18. The average molecular weight is 361 g/mol. The topological polar surface area (TPSA) is 104 Å². The fourth-order valence-corrected chi connectivity index (χ4v) is 2.83. The number of anilines is 1. The van der Waals surface area contributed by atoms with Crippen LogP contribution in [0.3, 0.4) is 0 Å². The summed E-state index contributed by atoms with van der Waals surface area (Å²) in [7, 11) is -1.48. The highest BCUT2D eigenvalue weighted by Crippen LogP contribution is 2.16. The van der Waals surface area contributed by atoms with Gasteiger partial charge in [-0.3, -0.25) is 10.2 Å². The van der Waals surface area contributed by atoms with E-state index in [2.05, 4.69) is 15.5 Å². The van der Waals surface area contributed by atoms with Crippen LogP contribution < -0.4 is 10.9 Å². The fraction of sp³-hybridized carbons (Fsp3) is 0.312. The highest BCUT2D eigenvalue weighted by Gasteiger charge is 2.12. The Morgan fingerprint density at radius 1 is 1.44 bits per heavy atom. The molecule has 9 heteroatoms. The van der Waals surface area contributed by atoms with Gasteiger partial charge in [-0.05, 0) is 29.9 Å². The van der Waals surface area contributed by atoms with Gasteiger partial charge < -0.3 is 14.8 Å². The molecule has 0 unspecified atom stereocenters. The first-order chi connectivity index (χ1) is 12.0. The molecule has 1 heterocycles. The third-order valence-corrected chi connectivity index (χ3v) is 4.19. The average Bonchev–Trinajstić information content (AvgIpc) is 3.02. The fourth-order valence-electron chi connectivity index (χ4n) is 2.17. The van der Waals surface area contributed by atoms with E-state index in [0.717, 1.165) is 17.5 Å². The van der Waals surface area contributed by atoms with Crippen molar-refractivity contribution in [3.05, 3.63) is 40.4 Å². The predicted molar refractivity (Wildman–Crippen MR) is 99.3 cm³/mol. The summed E-state index contributed by atoms with van der Waals surface area (Å²) in [6.45, 7) is 4.10. The van der Waals surface area contributed by atoms with Crippen molar-refractivity contribution in [1.29, 1.82) is 0 Å². The monoisotopic (exact) mass is 361 g/mol. The van der Waals surface area contributed by atoms with Crippen molar-refractivity contribution in [2.75, 3.05) is 12.0 Å². The van der Waals surface area contributed by atoms with Gasteiger partial charge >= 0.3 is 13.1 Å². The molecule has 0 atom stereocenters. The van der Waals surface area contributed by atoms with Crippen molar-refractivity contribution in [3.63, 3.8) is 0 Å². The summed E-state index contributed by atoms with van der Waals surface area (Å²) < 4.78 is 4.89. The van der Waals surface area contributed by atoms with Crippen LogP contribution >= 0.6 is 11.3 Å². The highest BCUT2D eigenvalue weighted by molar-refractivity contribution is 7.13. The molecular formula is C16H20BN3O4S. The number of nitrogens with one attached hydrogen (secondary N) is 1. The van der Waals surface area contributed by atoms with Crippen LogP contribution in [0.5, 0.6) is 0 Å². The van der Waals surface area contributed by atoms with Gasteiger partial charge in [0.1, 0.15) is 0 Å². The van der Waals surface area contributed by atoms with E-state index in [1.54, 1.807) is 36.7 Å². The molecule has 3 N–H and O–H groups in total. The molecule has 2 aromatic rings. The molecule has 7 nitrogen and oxygen atoms in total. The summed E-state index contributed by atoms with van der Waals surface area (Å²) >= 11 is 1.35. The first kappa shape index (κ1) is 19.1. The Kier molecular flexibility index (Phi) is 7.11. The lowest BCUT2D eigenvalue weighted by Gasteiger charge is -2.06. The van der Waals surface area contributed by atoms with E-state index in [-0.39, 0.29) is 12.4 Å². The summed E-state index contributed by atoms with van der Waals surface area (Å²) in [5.41, 5.74) is 5.75. The van der Waals surface area contributed by atoms with Crippen LogP contribution in [-0.4, -0.2) is 40.9 Å². The lowest BCUT2D eigenvalue weighted by molar-refractivity contribution is -0.142. The molecule has 1 aromatic heterocycles. The number of aryl methyl sites for hydroxylation is 1. The van der Waals surface area contributed by atoms with Gasteiger partial charge in [-0.15, -0.1) is 11.3 Å². The van der Waals surface area contributed by atoms with Crippen LogP contribution in [0, 0.1) is 0 Å². The molecule has 0 aliphatic carbocycles. The summed E-state index contributed by atoms with van der Waals surface area (Å²) in [6.07, 6.45) is 2.53. The van der Waals surface area contributed by atoms with E-state index in [9.17, 15) is 14.8 Å². The summed E-state index contributed by atoms with van der Waals surface area (Å²) in [5.74, 6) is -0.304. The van der Waals surface area contributed by atoms with E-state index < -0.39 is 7.12 Å². The number of nitrogens with zero attached hydrogens (tertiary/aromatic N) is 2. The maximum Gasteiger partial charge on any atom is 0.488 e. The third-order valence-electron chi connectivity index (χ3n) is 3.39. The number of ether oxygens (including phenoxy) is 1. The molecule has 132 valence electrons. The van der Waals surface area contributed by atoms with Crippen molar-refractivity contribution in [1.82, 2.24) is 4.98 Å². The molecule has 0 aliphatic rings. The van der Waals surface area contributed by atoms with Crippen molar-refractivity contribution < 1.29 is 19.6 Å². The zero-order chi connectivity index (χ0) is 18.2. The SMILES string of the molecule is CCOC(=O)Cc1csc(NN=Cc2ccc(B(O)O)cc2CC)n1. The molecule has 0 fully saturated rings. The van der Waals surface area contributed by atoms with Crippen molar-refractivity contribution in [2.45, 2.75) is 26.7 Å². The molecular weight excluding hydrogens is 341 g/mol. The van der Waals surface area contributed by atoms with Gasteiger partial charge in [-0.2, -0.15) is 5.10 Å². The molecule has 0 radical (unpaired) electrons. The maximum absolute atomic E-state index is 11.4. The lowest BCUT2D eigenvalue weighted by atomic mass is 9.78. The smallest absolute Gasteiger partial charge is 0.466 e. The summed E-state index contributed by atoms with van der Waals surface area (Å²) in [6, 6.07) is 5.17. The van der Waals surface area contributed by atoms with E-state index in [0.29, 0.717) is 22.9 Å². The molecule has 0 bridgehead atoms. The summed E-state index contributed by atoms with van der Waals surface area (Å²) in [4.78, 5) is 15.7. The Bertz CT molecular complexity index is 749. The number of hydrogen-bond donors (Lipinski definition) is 3. The van der Waals surface area contributed by atoms with Crippen molar-refractivity contribution in [3.8, 4) is 0 Å². The van der Waals surface area contributed by atoms with Crippen LogP contribution in [0.2, 0.25) is 0 Å². The van der Waals surface area contributed by atoms with Crippen molar-refractivity contribution >= 4 is 41.2 Å². The Balaban J connectivity index is 1.99. The number of carbonyl (C=O) groups is 1.